The molecule has 1 aliphatic carbocycles. The molecule has 0 amide bonds. The van der Waals surface area contributed by atoms with Crippen LogP contribution in [-0.2, 0) is 9.47 Å². The highest BCUT2D eigenvalue weighted by atomic mass is 35.5. The molecule has 0 spiro atoms. The van der Waals surface area contributed by atoms with Gasteiger partial charge in [0, 0.05) is 5.88 Å². The maximum Gasteiger partial charge on any atom is 0.0739 e. The maximum absolute atomic E-state index is 6.14. The molecule has 1 aliphatic rings. The Morgan fingerprint density at radius 2 is 1.86 bits per heavy atom. The lowest BCUT2D eigenvalue weighted by Crippen LogP contribution is -2.29. The average molecular weight is 241 g/mol. The van der Waals surface area contributed by atoms with E-state index in [-0.39, 0.29) is 11.5 Å². The first-order valence-corrected chi connectivity index (χ1v) is 6.21. The summed E-state index contributed by atoms with van der Waals surface area (Å²) in [6, 6.07) is 0. The van der Waals surface area contributed by atoms with Crippen molar-refractivity contribution in [1.29, 1.82) is 0 Å². The molecule has 2 atom stereocenters. The molecule has 14 heavy (non-hydrogen) atoms. The van der Waals surface area contributed by atoms with Crippen molar-refractivity contribution in [1.82, 2.24) is 0 Å². The van der Waals surface area contributed by atoms with Crippen LogP contribution in [0, 0.1) is 0 Å². The minimum atomic E-state index is 0.191. The summed E-state index contributed by atoms with van der Waals surface area (Å²) >= 11 is 11.6. The van der Waals surface area contributed by atoms with Gasteiger partial charge in [-0.05, 0) is 12.8 Å². The molecule has 0 aromatic rings. The van der Waals surface area contributed by atoms with E-state index in [9.17, 15) is 0 Å². The van der Waals surface area contributed by atoms with Crippen LogP contribution in [0.3, 0.4) is 0 Å². The summed E-state index contributed by atoms with van der Waals surface area (Å²) in [5.41, 5.74) is 0. The van der Waals surface area contributed by atoms with E-state index in [1.807, 2.05) is 0 Å². The van der Waals surface area contributed by atoms with Crippen LogP contribution in [0.1, 0.15) is 25.7 Å². The van der Waals surface area contributed by atoms with Crippen molar-refractivity contribution in [3.63, 3.8) is 0 Å². The molecule has 4 heteroatoms. The third-order valence-corrected chi connectivity index (χ3v) is 3.06. The zero-order chi connectivity index (χ0) is 10.2. The van der Waals surface area contributed by atoms with Crippen molar-refractivity contribution in [3.8, 4) is 0 Å². The van der Waals surface area contributed by atoms with E-state index in [4.69, 9.17) is 32.7 Å². The Morgan fingerprint density at radius 3 is 2.57 bits per heavy atom. The fraction of sp³-hybridized carbons (Fsp3) is 1.00. The van der Waals surface area contributed by atoms with Gasteiger partial charge in [-0.1, -0.05) is 12.8 Å². The molecule has 84 valence electrons. The third-order valence-electron chi connectivity index (χ3n) is 2.40. The standard InChI is InChI=1S/C10H18Cl2O2/c11-5-6-13-7-8-14-10-4-2-1-3-9(10)12/h9-10H,1-8H2/t9-,10+/m0/s1. The van der Waals surface area contributed by atoms with Crippen molar-refractivity contribution in [3.05, 3.63) is 0 Å². The van der Waals surface area contributed by atoms with Crippen LogP contribution in [0.15, 0.2) is 0 Å². The molecule has 0 bridgehead atoms. The minimum Gasteiger partial charge on any atom is -0.378 e. The molecule has 0 unspecified atom stereocenters. The monoisotopic (exact) mass is 240 g/mol. The van der Waals surface area contributed by atoms with Gasteiger partial charge in [0.25, 0.3) is 0 Å². The van der Waals surface area contributed by atoms with Gasteiger partial charge in [0.05, 0.1) is 31.3 Å². The summed E-state index contributed by atoms with van der Waals surface area (Å²) in [5, 5.41) is 0.191. The van der Waals surface area contributed by atoms with E-state index in [0.29, 0.717) is 25.7 Å². The predicted octanol–water partition coefficient (Wildman–Crippen LogP) is 2.81. The average Bonchev–Trinajstić information content (AvgIpc) is 2.20. The summed E-state index contributed by atoms with van der Waals surface area (Å²) in [4.78, 5) is 0. The third kappa shape index (κ3) is 4.83. The van der Waals surface area contributed by atoms with Gasteiger partial charge in [-0.2, -0.15) is 0 Å². The molecule has 0 radical (unpaired) electrons. The highest BCUT2D eigenvalue weighted by molar-refractivity contribution is 6.21. The largest absolute Gasteiger partial charge is 0.378 e. The van der Waals surface area contributed by atoms with Crippen molar-refractivity contribution >= 4 is 23.2 Å². The summed E-state index contributed by atoms with van der Waals surface area (Å²) < 4.78 is 10.9. The van der Waals surface area contributed by atoms with Crippen molar-refractivity contribution in [2.24, 2.45) is 0 Å². The molecule has 0 aromatic heterocycles. The van der Waals surface area contributed by atoms with Crippen LogP contribution in [0.25, 0.3) is 0 Å². The fourth-order valence-corrected chi connectivity index (χ4v) is 2.12. The molecule has 0 aromatic carbocycles. The van der Waals surface area contributed by atoms with E-state index in [1.165, 1.54) is 12.8 Å². The van der Waals surface area contributed by atoms with Crippen LogP contribution < -0.4 is 0 Å². The second-order valence-corrected chi connectivity index (χ2v) is 4.45. The van der Waals surface area contributed by atoms with Gasteiger partial charge in [0.2, 0.25) is 0 Å². The van der Waals surface area contributed by atoms with Crippen LogP contribution in [0.2, 0.25) is 0 Å². The number of halogens is 2. The van der Waals surface area contributed by atoms with Gasteiger partial charge >= 0.3 is 0 Å². The van der Waals surface area contributed by atoms with Crippen LogP contribution >= 0.6 is 23.2 Å². The number of hydrogen-bond donors (Lipinski definition) is 0. The van der Waals surface area contributed by atoms with Gasteiger partial charge in [0.15, 0.2) is 0 Å². The second kappa shape index (κ2) is 7.75. The van der Waals surface area contributed by atoms with Gasteiger partial charge in [0.1, 0.15) is 0 Å². The smallest absolute Gasteiger partial charge is 0.0739 e. The maximum atomic E-state index is 6.14. The van der Waals surface area contributed by atoms with E-state index in [2.05, 4.69) is 0 Å². The van der Waals surface area contributed by atoms with Gasteiger partial charge in [-0.15, -0.1) is 23.2 Å². The minimum absolute atomic E-state index is 0.191. The first kappa shape index (κ1) is 12.6. The van der Waals surface area contributed by atoms with Crippen molar-refractivity contribution < 1.29 is 9.47 Å². The van der Waals surface area contributed by atoms with E-state index in [0.717, 1.165) is 12.8 Å². The molecular weight excluding hydrogens is 223 g/mol. The van der Waals surface area contributed by atoms with Crippen LogP contribution in [-0.4, -0.2) is 37.2 Å². The first-order valence-electron chi connectivity index (χ1n) is 5.24. The highest BCUT2D eigenvalue weighted by Crippen LogP contribution is 2.25. The summed E-state index contributed by atoms with van der Waals surface area (Å²) in [6.07, 6.45) is 4.86. The predicted molar refractivity (Wildman–Crippen MR) is 59.4 cm³/mol. The normalized spacial score (nSPS) is 27.9. The molecule has 1 rings (SSSR count). The van der Waals surface area contributed by atoms with Crippen LogP contribution in [0.5, 0.6) is 0 Å². The Kier molecular flexibility index (Phi) is 6.96. The molecule has 0 N–H and O–H groups in total. The second-order valence-electron chi connectivity index (χ2n) is 3.51. The Hall–Kier alpha value is 0.500. The zero-order valence-corrected chi connectivity index (χ0v) is 9.90. The summed E-state index contributed by atoms with van der Waals surface area (Å²) in [6.45, 7) is 1.84. The highest BCUT2D eigenvalue weighted by Gasteiger charge is 2.23. The lowest BCUT2D eigenvalue weighted by atomic mass is 9.97. The molecular formula is C10H18Cl2O2. The molecule has 0 saturated heterocycles. The van der Waals surface area contributed by atoms with Crippen LogP contribution in [0.4, 0.5) is 0 Å². The summed E-state index contributed by atoms with van der Waals surface area (Å²) in [7, 11) is 0. The fourth-order valence-electron chi connectivity index (χ4n) is 1.65. The van der Waals surface area contributed by atoms with E-state index < -0.39 is 0 Å². The Balaban J connectivity index is 1.99. The molecule has 0 aliphatic heterocycles. The quantitative estimate of drug-likeness (QED) is 0.526. The van der Waals surface area contributed by atoms with Gasteiger partial charge in [-0.3, -0.25) is 0 Å². The topological polar surface area (TPSA) is 18.5 Å². The SMILES string of the molecule is ClCCOCCO[C@@H]1CCCC[C@@H]1Cl. The van der Waals surface area contributed by atoms with E-state index >= 15 is 0 Å². The Morgan fingerprint density at radius 1 is 1.07 bits per heavy atom. The lowest BCUT2D eigenvalue weighted by Gasteiger charge is -2.26. The number of hydrogen-bond acceptors (Lipinski definition) is 2. The Labute approximate surface area is 95.9 Å². The van der Waals surface area contributed by atoms with Gasteiger partial charge in [-0.25, -0.2) is 0 Å². The van der Waals surface area contributed by atoms with Gasteiger partial charge < -0.3 is 9.47 Å². The molecule has 1 fully saturated rings. The lowest BCUT2D eigenvalue weighted by molar-refractivity contribution is -0.00545. The summed E-state index contributed by atoms with van der Waals surface area (Å²) in [5.74, 6) is 0.543. The zero-order valence-electron chi connectivity index (χ0n) is 8.38. The van der Waals surface area contributed by atoms with E-state index in [1.54, 1.807) is 0 Å². The molecule has 0 heterocycles. The number of ether oxygens (including phenoxy) is 2. The molecule has 1 saturated carbocycles. The van der Waals surface area contributed by atoms with Crippen molar-refractivity contribution in [2.45, 2.75) is 37.2 Å². The van der Waals surface area contributed by atoms with Crippen molar-refractivity contribution in [2.75, 3.05) is 25.7 Å². The number of rotatable bonds is 6. The Bertz CT molecular complexity index is 144. The molecule has 2 nitrogen and oxygen atoms in total. The number of alkyl halides is 2. The first-order chi connectivity index (χ1) is 6.84.